The third-order valence-corrected chi connectivity index (χ3v) is 5.33. The number of phenolic OH excluding ortho intramolecular Hbond substituents is 1. The molecule has 0 saturated carbocycles. The number of carbonyl (C=O) groups is 2. The first-order chi connectivity index (χ1) is 13.8. The Morgan fingerprint density at radius 2 is 1.72 bits per heavy atom. The van der Waals surface area contributed by atoms with Crippen LogP contribution in [0.5, 0.6) is 11.5 Å². The van der Waals surface area contributed by atoms with E-state index in [1.54, 1.807) is 23.1 Å². The monoisotopic (exact) mass is 396 g/mol. The van der Waals surface area contributed by atoms with Crippen LogP contribution in [0.3, 0.4) is 0 Å². The van der Waals surface area contributed by atoms with Gasteiger partial charge in [-0.1, -0.05) is 29.8 Å². The highest BCUT2D eigenvalue weighted by atomic mass is 16.5. The van der Waals surface area contributed by atoms with Crippen LogP contribution in [0.1, 0.15) is 29.5 Å². The molecule has 0 aliphatic carbocycles. The second kappa shape index (κ2) is 8.99. The molecule has 0 radical (unpaired) electrons. The molecule has 3 rings (SSSR count). The van der Waals surface area contributed by atoms with Crippen molar-refractivity contribution < 1.29 is 19.4 Å². The number of anilines is 1. The lowest BCUT2D eigenvalue weighted by Crippen LogP contribution is -2.43. The van der Waals surface area contributed by atoms with Crippen LogP contribution in [0.2, 0.25) is 0 Å². The average molecular weight is 396 g/mol. The molecule has 1 aliphatic heterocycles. The van der Waals surface area contributed by atoms with Crippen molar-refractivity contribution >= 4 is 17.5 Å². The Hall–Kier alpha value is -3.02. The van der Waals surface area contributed by atoms with Crippen molar-refractivity contribution in [3.63, 3.8) is 0 Å². The highest BCUT2D eigenvalue weighted by molar-refractivity contribution is 5.94. The summed E-state index contributed by atoms with van der Waals surface area (Å²) in [5, 5.41) is 12.6. The molecule has 2 aromatic rings. The summed E-state index contributed by atoms with van der Waals surface area (Å²) in [6.07, 6.45) is 1.18. The van der Waals surface area contributed by atoms with Gasteiger partial charge in [0.1, 0.15) is 11.5 Å². The fourth-order valence-electron chi connectivity index (χ4n) is 3.82. The number of nitrogens with one attached hydrogen (secondary N) is 1. The van der Waals surface area contributed by atoms with Crippen LogP contribution in [0.15, 0.2) is 36.4 Å². The maximum atomic E-state index is 12.5. The van der Waals surface area contributed by atoms with Gasteiger partial charge in [-0.15, -0.1) is 0 Å². The number of likely N-dealkylation sites (tertiary alicyclic amines) is 1. The van der Waals surface area contributed by atoms with Gasteiger partial charge < -0.3 is 20.1 Å². The maximum absolute atomic E-state index is 12.5. The fourth-order valence-corrected chi connectivity index (χ4v) is 3.82. The number of amides is 2. The number of phenols is 1. The van der Waals surface area contributed by atoms with Gasteiger partial charge in [-0.25, -0.2) is 0 Å². The minimum Gasteiger partial charge on any atom is -0.506 e. The molecule has 6 heteroatoms. The predicted octanol–water partition coefficient (Wildman–Crippen LogP) is 3.57. The quantitative estimate of drug-likeness (QED) is 0.758. The third kappa shape index (κ3) is 5.08. The highest BCUT2D eigenvalue weighted by Crippen LogP contribution is 2.26. The molecule has 154 valence electrons. The Kier molecular flexibility index (Phi) is 6.42. The maximum Gasteiger partial charge on any atom is 0.260 e. The van der Waals surface area contributed by atoms with Crippen LogP contribution in [-0.4, -0.2) is 41.5 Å². The smallest absolute Gasteiger partial charge is 0.260 e. The number of ether oxygens (including phenoxy) is 1. The van der Waals surface area contributed by atoms with Crippen LogP contribution in [-0.2, 0) is 9.59 Å². The van der Waals surface area contributed by atoms with Gasteiger partial charge in [0, 0.05) is 19.0 Å². The van der Waals surface area contributed by atoms with Crippen LogP contribution in [0.25, 0.3) is 0 Å². The van der Waals surface area contributed by atoms with Crippen molar-refractivity contribution in [3.8, 4) is 11.5 Å². The number of rotatable bonds is 5. The van der Waals surface area contributed by atoms with E-state index in [-0.39, 0.29) is 30.1 Å². The standard InChI is InChI=1S/C23H28N2O4/c1-15-12-16(2)22(17(3)13-15)29-14-21(27)25-10-8-18(9-11-25)23(28)24-19-6-4-5-7-20(19)26/h4-7,12-13,18,26H,8-11,14H2,1-3H3,(H,24,28). The molecule has 6 nitrogen and oxygen atoms in total. The Balaban J connectivity index is 1.49. The first-order valence-electron chi connectivity index (χ1n) is 9.92. The number of aryl methyl sites for hydroxylation is 3. The number of benzene rings is 2. The van der Waals surface area contributed by atoms with Gasteiger partial charge in [-0.05, 0) is 56.9 Å². The Labute approximate surface area is 171 Å². The second-order valence-electron chi connectivity index (χ2n) is 7.68. The zero-order valence-electron chi connectivity index (χ0n) is 17.2. The van der Waals surface area contributed by atoms with Crippen molar-refractivity contribution in [2.45, 2.75) is 33.6 Å². The van der Waals surface area contributed by atoms with E-state index in [1.807, 2.05) is 32.9 Å². The van der Waals surface area contributed by atoms with Gasteiger partial charge in [0.25, 0.3) is 5.91 Å². The van der Waals surface area contributed by atoms with Gasteiger partial charge in [0.15, 0.2) is 6.61 Å². The normalized spacial score (nSPS) is 14.5. The largest absolute Gasteiger partial charge is 0.506 e. The second-order valence-corrected chi connectivity index (χ2v) is 7.68. The van der Waals surface area contributed by atoms with E-state index in [0.29, 0.717) is 31.6 Å². The zero-order valence-corrected chi connectivity index (χ0v) is 17.2. The van der Waals surface area contributed by atoms with Crippen molar-refractivity contribution in [2.75, 3.05) is 25.0 Å². The lowest BCUT2D eigenvalue weighted by molar-refractivity contribution is -0.136. The van der Waals surface area contributed by atoms with Crippen LogP contribution in [0, 0.1) is 26.7 Å². The summed E-state index contributed by atoms with van der Waals surface area (Å²) in [4.78, 5) is 26.8. The van der Waals surface area contributed by atoms with E-state index in [4.69, 9.17) is 4.74 Å². The Morgan fingerprint density at radius 3 is 2.34 bits per heavy atom. The summed E-state index contributed by atoms with van der Waals surface area (Å²) in [6.45, 7) is 7.04. The molecule has 0 unspecified atom stereocenters. The van der Waals surface area contributed by atoms with Crippen LogP contribution < -0.4 is 10.1 Å². The number of hydrogen-bond acceptors (Lipinski definition) is 4. The van der Waals surface area contributed by atoms with Crippen molar-refractivity contribution in [3.05, 3.63) is 53.1 Å². The molecule has 29 heavy (non-hydrogen) atoms. The molecule has 0 spiro atoms. The van der Waals surface area contributed by atoms with Gasteiger partial charge in [0.05, 0.1) is 5.69 Å². The molecule has 0 atom stereocenters. The molecule has 1 heterocycles. The third-order valence-electron chi connectivity index (χ3n) is 5.33. The number of carbonyl (C=O) groups excluding carboxylic acids is 2. The summed E-state index contributed by atoms with van der Waals surface area (Å²) in [6, 6.07) is 10.8. The Bertz CT molecular complexity index is 878. The zero-order chi connectivity index (χ0) is 21.0. The number of para-hydroxylation sites is 2. The molecular weight excluding hydrogens is 368 g/mol. The minimum absolute atomic E-state index is 0.000504. The molecule has 1 aliphatic rings. The van der Waals surface area contributed by atoms with E-state index in [9.17, 15) is 14.7 Å². The van der Waals surface area contributed by atoms with Gasteiger partial charge in [-0.2, -0.15) is 0 Å². The van der Waals surface area contributed by atoms with Crippen molar-refractivity contribution in [2.24, 2.45) is 5.92 Å². The molecule has 0 aromatic heterocycles. The molecule has 0 bridgehead atoms. The molecule has 2 amide bonds. The van der Waals surface area contributed by atoms with Crippen LogP contribution >= 0.6 is 0 Å². The molecule has 1 fully saturated rings. The average Bonchev–Trinajstić information content (AvgIpc) is 2.69. The van der Waals surface area contributed by atoms with E-state index in [2.05, 4.69) is 5.32 Å². The van der Waals surface area contributed by atoms with Crippen molar-refractivity contribution in [1.82, 2.24) is 4.90 Å². The highest BCUT2D eigenvalue weighted by Gasteiger charge is 2.28. The minimum atomic E-state index is -0.179. The van der Waals surface area contributed by atoms with Gasteiger partial charge in [-0.3, -0.25) is 9.59 Å². The lowest BCUT2D eigenvalue weighted by Gasteiger charge is -2.31. The lowest BCUT2D eigenvalue weighted by atomic mass is 9.95. The number of aromatic hydroxyl groups is 1. The van der Waals surface area contributed by atoms with Gasteiger partial charge >= 0.3 is 0 Å². The van der Waals surface area contributed by atoms with E-state index < -0.39 is 0 Å². The summed E-state index contributed by atoms with van der Waals surface area (Å²) in [5.74, 6) is 0.444. The summed E-state index contributed by atoms with van der Waals surface area (Å²) in [7, 11) is 0. The fraction of sp³-hybridized carbons (Fsp3) is 0.391. The topological polar surface area (TPSA) is 78.9 Å². The number of piperidine rings is 1. The molecule has 1 saturated heterocycles. The molecular formula is C23H28N2O4. The van der Waals surface area contributed by atoms with Gasteiger partial charge in [0.2, 0.25) is 5.91 Å². The van der Waals surface area contributed by atoms with E-state index in [0.717, 1.165) is 16.9 Å². The summed E-state index contributed by atoms with van der Waals surface area (Å²) >= 11 is 0. The number of hydrogen-bond donors (Lipinski definition) is 2. The van der Waals surface area contributed by atoms with E-state index in [1.165, 1.54) is 11.6 Å². The first kappa shape index (κ1) is 20.7. The molecule has 2 aromatic carbocycles. The number of nitrogens with zero attached hydrogens (tertiary/aromatic N) is 1. The van der Waals surface area contributed by atoms with Crippen molar-refractivity contribution in [1.29, 1.82) is 0 Å². The van der Waals surface area contributed by atoms with E-state index >= 15 is 0 Å². The summed E-state index contributed by atoms with van der Waals surface area (Å²) in [5.41, 5.74) is 3.63. The summed E-state index contributed by atoms with van der Waals surface area (Å²) < 4.78 is 5.81. The van der Waals surface area contributed by atoms with Crippen LogP contribution in [0.4, 0.5) is 5.69 Å². The Morgan fingerprint density at radius 1 is 1.10 bits per heavy atom. The first-order valence-corrected chi connectivity index (χ1v) is 9.92. The predicted molar refractivity (Wildman–Crippen MR) is 112 cm³/mol. The SMILES string of the molecule is Cc1cc(C)c(OCC(=O)N2CCC(C(=O)Nc3ccccc3O)CC2)c(C)c1. The molecule has 2 N–H and O–H groups in total.